The summed E-state index contributed by atoms with van der Waals surface area (Å²) in [6, 6.07) is -4.54. The fourth-order valence-electron chi connectivity index (χ4n) is 2.55. The highest BCUT2D eigenvalue weighted by atomic mass is 16.4. The lowest BCUT2D eigenvalue weighted by atomic mass is 10.0. The number of carbonyl (C=O) groups excluding carboxylic acids is 3. The summed E-state index contributed by atoms with van der Waals surface area (Å²) in [4.78, 5) is 55.4. The van der Waals surface area contributed by atoms with Crippen molar-refractivity contribution >= 4 is 23.7 Å². The second-order valence-corrected chi connectivity index (χ2v) is 7.43. The number of hydrogen-bond acceptors (Lipinski definition) is 7. The van der Waals surface area contributed by atoms with Gasteiger partial charge in [0.2, 0.25) is 17.7 Å². The molecular formula is C18H30N6O6. The Morgan fingerprint density at radius 2 is 1.63 bits per heavy atom. The number of carboxylic acid groups (broad SMARTS) is 1. The summed E-state index contributed by atoms with van der Waals surface area (Å²) >= 11 is 0. The standard InChI is InChI=1S/C18H30N6O6/c1-8(2)13(23-15(26)9(3)19)17(28)22-12(5-11-6-20-7-21-11)16(27)24-14(10(4)25)18(29)30/h6-10,12-14,25H,5,19H2,1-4H3,(H,20,21)(H,22,28)(H,23,26)(H,24,27)(H,29,30). The van der Waals surface area contributed by atoms with Gasteiger partial charge in [-0.3, -0.25) is 14.4 Å². The monoisotopic (exact) mass is 426 g/mol. The van der Waals surface area contributed by atoms with Crippen molar-refractivity contribution in [2.45, 2.75) is 64.4 Å². The number of aliphatic hydroxyl groups excluding tert-OH is 1. The quantitative estimate of drug-likeness (QED) is 0.208. The number of carboxylic acids is 1. The Labute approximate surface area is 174 Å². The fourth-order valence-corrected chi connectivity index (χ4v) is 2.55. The third-order valence-electron chi connectivity index (χ3n) is 4.32. The Balaban J connectivity index is 3.03. The van der Waals surface area contributed by atoms with Gasteiger partial charge in [-0.15, -0.1) is 0 Å². The number of amides is 3. The van der Waals surface area contributed by atoms with E-state index in [0.717, 1.165) is 0 Å². The lowest BCUT2D eigenvalue weighted by molar-refractivity contribution is -0.145. The van der Waals surface area contributed by atoms with Crippen LogP contribution in [0, 0.1) is 5.92 Å². The van der Waals surface area contributed by atoms with E-state index >= 15 is 0 Å². The molecule has 0 aliphatic carbocycles. The molecule has 168 valence electrons. The molecule has 1 aromatic heterocycles. The van der Waals surface area contributed by atoms with Gasteiger partial charge in [-0.05, 0) is 19.8 Å². The molecule has 0 spiro atoms. The number of hydrogen-bond donors (Lipinski definition) is 7. The first kappa shape index (κ1) is 25.0. The van der Waals surface area contributed by atoms with Crippen molar-refractivity contribution in [2.24, 2.45) is 11.7 Å². The van der Waals surface area contributed by atoms with Crippen LogP contribution in [0.15, 0.2) is 12.5 Å². The highest BCUT2D eigenvalue weighted by Crippen LogP contribution is 2.06. The van der Waals surface area contributed by atoms with Gasteiger partial charge in [0, 0.05) is 18.3 Å². The third kappa shape index (κ3) is 7.44. The van der Waals surface area contributed by atoms with Crippen LogP contribution in [0.2, 0.25) is 0 Å². The van der Waals surface area contributed by atoms with Gasteiger partial charge in [0.05, 0.1) is 18.5 Å². The number of aliphatic hydroxyl groups is 1. The highest BCUT2D eigenvalue weighted by molar-refractivity contribution is 5.94. The van der Waals surface area contributed by atoms with Crippen molar-refractivity contribution in [3.8, 4) is 0 Å². The zero-order chi connectivity index (χ0) is 23.0. The summed E-state index contributed by atoms with van der Waals surface area (Å²) in [6.07, 6.45) is 1.47. The first-order valence-electron chi connectivity index (χ1n) is 9.48. The maximum Gasteiger partial charge on any atom is 0.328 e. The lowest BCUT2D eigenvalue weighted by Crippen LogP contribution is -2.59. The molecular weight excluding hydrogens is 396 g/mol. The predicted molar refractivity (Wildman–Crippen MR) is 106 cm³/mol. The number of aromatic amines is 1. The van der Waals surface area contributed by atoms with Crippen LogP contribution in [-0.4, -0.2) is 74.1 Å². The van der Waals surface area contributed by atoms with Crippen LogP contribution >= 0.6 is 0 Å². The van der Waals surface area contributed by atoms with E-state index in [9.17, 15) is 29.4 Å². The van der Waals surface area contributed by atoms with Gasteiger partial charge in [0.25, 0.3) is 0 Å². The zero-order valence-corrected chi connectivity index (χ0v) is 17.4. The van der Waals surface area contributed by atoms with E-state index < -0.39 is 54.0 Å². The number of rotatable bonds is 11. The van der Waals surface area contributed by atoms with Crippen LogP contribution < -0.4 is 21.7 Å². The Morgan fingerprint density at radius 3 is 2.07 bits per heavy atom. The van der Waals surface area contributed by atoms with Crippen LogP contribution in [-0.2, 0) is 25.6 Å². The number of nitrogens with one attached hydrogen (secondary N) is 4. The fraction of sp³-hybridized carbons (Fsp3) is 0.611. The zero-order valence-electron chi connectivity index (χ0n) is 17.4. The molecule has 1 rings (SSSR count). The molecule has 5 atom stereocenters. The maximum absolute atomic E-state index is 12.8. The minimum atomic E-state index is -1.56. The Morgan fingerprint density at radius 1 is 1.03 bits per heavy atom. The molecule has 12 nitrogen and oxygen atoms in total. The summed E-state index contributed by atoms with van der Waals surface area (Å²) in [5.74, 6) is -3.71. The number of nitrogens with two attached hydrogens (primary N) is 1. The lowest BCUT2D eigenvalue weighted by Gasteiger charge is -2.27. The molecule has 0 fully saturated rings. The molecule has 8 N–H and O–H groups in total. The number of H-pyrrole nitrogens is 1. The predicted octanol–water partition coefficient (Wildman–Crippen LogP) is -2.12. The topological polar surface area (TPSA) is 200 Å². The number of nitrogens with zero attached hydrogens (tertiary/aromatic N) is 1. The van der Waals surface area contributed by atoms with Crippen molar-refractivity contribution in [1.29, 1.82) is 0 Å². The van der Waals surface area contributed by atoms with E-state index in [4.69, 9.17) is 5.73 Å². The van der Waals surface area contributed by atoms with Crippen LogP contribution in [0.3, 0.4) is 0 Å². The van der Waals surface area contributed by atoms with Gasteiger partial charge in [0.1, 0.15) is 12.1 Å². The van der Waals surface area contributed by atoms with Crippen LogP contribution in [0.4, 0.5) is 0 Å². The minimum absolute atomic E-state index is 0.0181. The van der Waals surface area contributed by atoms with E-state index in [1.54, 1.807) is 13.8 Å². The van der Waals surface area contributed by atoms with E-state index in [0.29, 0.717) is 5.69 Å². The second-order valence-electron chi connectivity index (χ2n) is 7.43. The smallest absolute Gasteiger partial charge is 0.328 e. The van der Waals surface area contributed by atoms with Crippen LogP contribution in [0.1, 0.15) is 33.4 Å². The van der Waals surface area contributed by atoms with Crippen LogP contribution in [0.5, 0.6) is 0 Å². The number of imidazole rings is 1. The van der Waals surface area contributed by atoms with Crippen molar-refractivity contribution in [1.82, 2.24) is 25.9 Å². The second kappa shape index (κ2) is 11.3. The molecule has 0 radical (unpaired) electrons. The van der Waals surface area contributed by atoms with Gasteiger partial charge in [-0.25, -0.2) is 9.78 Å². The average Bonchev–Trinajstić information content (AvgIpc) is 3.15. The van der Waals surface area contributed by atoms with E-state index in [2.05, 4.69) is 25.9 Å². The Bertz CT molecular complexity index is 734. The summed E-state index contributed by atoms with van der Waals surface area (Å²) in [7, 11) is 0. The first-order chi connectivity index (χ1) is 13.9. The minimum Gasteiger partial charge on any atom is -0.480 e. The normalized spacial score (nSPS) is 16.1. The molecule has 12 heteroatoms. The largest absolute Gasteiger partial charge is 0.480 e. The Kier molecular flexibility index (Phi) is 9.40. The van der Waals surface area contributed by atoms with Crippen molar-refractivity contribution < 1.29 is 29.4 Å². The van der Waals surface area contributed by atoms with Gasteiger partial charge < -0.3 is 36.9 Å². The van der Waals surface area contributed by atoms with Crippen molar-refractivity contribution in [2.75, 3.05) is 0 Å². The van der Waals surface area contributed by atoms with Crippen molar-refractivity contribution in [3.63, 3.8) is 0 Å². The van der Waals surface area contributed by atoms with E-state index in [1.165, 1.54) is 26.4 Å². The third-order valence-corrected chi connectivity index (χ3v) is 4.32. The molecule has 30 heavy (non-hydrogen) atoms. The van der Waals surface area contributed by atoms with Gasteiger partial charge in [-0.1, -0.05) is 13.8 Å². The summed E-state index contributed by atoms with van der Waals surface area (Å²) in [5, 5.41) is 26.1. The average molecular weight is 426 g/mol. The molecule has 5 unspecified atom stereocenters. The SMILES string of the molecule is CC(N)C(=O)NC(C(=O)NC(Cc1cnc[nH]1)C(=O)NC(C(=O)O)C(C)O)C(C)C. The molecule has 0 saturated heterocycles. The molecule has 0 aliphatic heterocycles. The molecule has 0 bridgehead atoms. The summed E-state index contributed by atoms with van der Waals surface area (Å²) < 4.78 is 0. The van der Waals surface area contributed by atoms with Gasteiger partial charge in [-0.2, -0.15) is 0 Å². The first-order valence-corrected chi connectivity index (χ1v) is 9.48. The van der Waals surface area contributed by atoms with Gasteiger partial charge >= 0.3 is 5.97 Å². The molecule has 0 saturated carbocycles. The van der Waals surface area contributed by atoms with Crippen LogP contribution in [0.25, 0.3) is 0 Å². The summed E-state index contributed by atoms with van der Waals surface area (Å²) in [5.41, 5.74) is 6.05. The highest BCUT2D eigenvalue weighted by Gasteiger charge is 2.32. The van der Waals surface area contributed by atoms with Gasteiger partial charge in [0.15, 0.2) is 6.04 Å². The number of aliphatic carboxylic acids is 1. The summed E-state index contributed by atoms with van der Waals surface area (Å²) in [6.45, 7) is 6.12. The molecule has 0 aromatic carbocycles. The molecule has 1 aromatic rings. The van der Waals surface area contributed by atoms with E-state index in [1.807, 2.05) is 0 Å². The Hall–Kier alpha value is -2.99. The molecule has 0 aliphatic rings. The maximum atomic E-state index is 12.8. The molecule has 1 heterocycles. The van der Waals surface area contributed by atoms with E-state index in [-0.39, 0.29) is 12.3 Å². The number of aromatic nitrogens is 2. The molecule has 3 amide bonds. The van der Waals surface area contributed by atoms with Crippen molar-refractivity contribution in [3.05, 3.63) is 18.2 Å². The number of carbonyl (C=O) groups is 4.